The van der Waals surface area contributed by atoms with Crippen LogP contribution in [0.5, 0.6) is 0 Å². The Kier molecular flexibility index (Phi) is 3.21. The molecule has 1 aliphatic rings. The lowest BCUT2D eigenvalue weighted by atomic mass is 10.1. The fourth-order valence-electron chi connectivity index (χ4n) is 1.68. The molecule has 0 bridgehead atoms. The summed E-state index contributed by atoms with van der Waals surface area (Å²) in [6.07, 6.45) is 1.37. The van der Waals surface area contributed by atoms with Crippen molar-refractivity contribution in [1.82, 2.24) is 5.32 Å². The highest BCUT2D eigenvalue weighted by Crippen LogP contribution is 2.45. The van der Waals surface area contributed by atoms with Crippen molar-refractivity contribution in [2.24, 2.45) is 5.41 Å². The van der Waals surface area contributed by atoms with Gasteiger partial charge in [-0.2, -0.15) is 5.26 Å². The maximum atomic E-state index is 11.9. The number of nitrogens with zero attached hydrogens (tertiary/aromatic N) is 1. The Hall–Kier alpha value is -1.34. The molecular weight excluding hydrogens is 280 g/mol. The number of carbonyl (C=O) groups is 1. The van der Waals surface area contributed by atoms with Crippen molar-refractivity contribution in [3.63, 3.8) is 0 Å². The van der Waals surface area contributed by atoms with Gasteiger partial charge in [-0.1, -0.05) is 28.1 Å². The standard InChI is InChI=1S/C13H13BrN2O/c1-9(10-2-4-11(14)5-3-10)16-12(17)13(8-15)6-7-13/h2-5,9H,6-7H2,1H3,(H,16,17)/t9-/m0/s1. The number of hydrogen-bond donors (Lipinski definition) is 1. The highest BCUT2D eigenvalue weighted by Gasteiger charge is 2.50. The largest absolute Gasteiger partial charge is 0.348 e. The Morgan fingerprint density at radius 2 is 2.06 bits per heavy atom. The van der Waals surface area contributed by atoms with Gasteiger partial charge in [-0.05, 0) is 37.5 Å². The van der Waals surface area contributed by atoms with Gasteiger partial charge >= 0.3 is 0 Å². The third-order valence-corrected chi connectivity index (χ3v) is 3.64. The highest BCUT2D eigenvalue weighted by atomic mass is 79.9. The van der Waals surface area contributed by atoms with Crippen LogP contribution in [0.1, 0.15) is 31.4 Å². The number of halogens is 1. The first-order valence-electron chi connectivity index (χ1n) is 5.55. The summed E-state index contributed by atoms with van der Waals surface area (Å²) in [5, 5.41) is 11.8. The van der Waals surface area contributed by atoms with Crippen LogP contribution in [0.4, 0.5) is 0 Å². The lowest BCUT2D eigenvalue weighted by molar-refractivity contribution is -0.125. The van der Waals surface area contributed by atoms with Crippen LogP contribution in [-0.4, -0.2) is 5.91 Å². The van der Waals surface area contributed by atoms with Gasteiger partial charge in [-0.3, -0.25) is 4.79 Å². The van der Waals surface area contributed by atoms with Crippen molar-refractivity contribution in [3.8, 4) is 6.07 Å². The van der Waals surface area contributed by atoms with E-state index in [0.717, 1.165) is 10.0 Å². The number of carbonyl (C=O) groups excluding carboxylic acids is 1. The fourth-order valence-corrected chi connectivity index (χ4v) is 1.95. The van der Waals surface area contributed by atoms with Crippen molar-refractivity contribution in [3.05, 3.63) is 34.3 Å². The van der Waals surface area contributed by atoms with Gasteiger partial charge in [0.15, 0.2) is 0 Å². The molecule has 0 saturated heterocycles. The number of benzene rings is 1. The predicted molar refractivity (Wildman–Crippen MR) is 68.0 cm³/mol. The number of rotatable bonds is 3. The van der Waals surface area contributed by atoms with E-state index in [-0.39, 0.29) is 11.9 Å². The molecule has 1 amide bonds. The Bertz CT molecular complexity index is 471. The lowest BCUT2D eigenvalue weighted by Crippen LogP contribution is -2.33. The molecule has 1 aliphatic carbocycles. The summed E-state index contributed by atoms with van der Waals surface area (Å²) in [5.41, 5.74) is 0.291. The van der Waals surface area contributed by atoms with Gasteiger partial charge in [-0.15, -0.1) is 0 Å². The highest BCUT2D eigenvalue weighted by molar-refractivity contribution is 9.10. The quantitative estimate of drug-likeness (QED) is 0.931. The first kappa shape index (κ1) is 12.1. The summed E-state index contributed by atoms with van der Waals surface area (Å²) in [5.74, 6) is -0.143. The average molecular weight is 293 g/mol. The second kappa shape index (κ2) is 4.50. The van der Waals surface area contributed by atoms with E-state index in [1.807, 2.05) is 31.2 Å². The molecule has 0 aliphatic heterocycles. The summed E-state index contributed by atoms with van der Waals surface area (Å²) in [6, 6.07) is 9.83. The van der Waals surface area contributed by atoms with Crippen molar-refractivity contribution in [1.29, 1.82) is 5.26 Å². The van der Waals surface area contributed by atoms with Gasteiger partial charge in [0.2, 0.25) is 5.91 Å². The molecular formula is C13H13BrN2O. The molecule has 88 valence electrons. The van der Waals surface area contributed by atoms with Crippen molar-refractivity contribution < 1.29 is 4.79 Å². The zero-order valence-electron chi connectivity index (χ0n) is 9.53. The molecule has 1 atom stereocenters. The maximum Gasteiger partial charge on any atom is 0.240 e. The summed E-state index contributed by atoms with van der Waals surface area (Å²) >= 11 is 3.37. The average Bonchev–Trinajstić information content (AvgIpc) is 3.10. The molecule has 4 heteroatoms. The van der Waals surface area contributed by atoms with E-state index >= 15 is 0 Å². The van der Waals surface area contributed by atoms with E-state index in [4.69, 9.17) is 5.26 Å². The number of hydrogen-bond acceptors (Lipinski definition) is 2. The van der Waals surface area contributed by atoms with Crippen LogP contribution < -0.4 is 5.32 Å². The molecule has 1 saturated carbocycles. The van der Waals surface area contributed by atoms with Gasteiger partial charge in [0, 0.05) is 4.47 Å². The zero-order chi connectivity index (χ0) is 12.5. The first-order chi connectivity index (χ1) is 8.07. The van der Waals surface area contributed by atoms with Crippen LogP contribution >= 0.6 is 15.9 Å². The van der Waals surface area contributed by atoms with Crippen molar-refractivity contribution in [2.45, 2.75) is 25.8 Å². The fraction of sp³-hybridized carbons (Fsp3) is 0.385. The van der Waals surface area contributed by atoms with Crippen LogP contribution in [0.2, 0.25) is 0 Å². The minimum atomic E-state index is -0.746. The number of nitrogens with one attached hydrogen (secondary N) is 1. The monoisotopic (exact) mass is 292 g/mol. The molecule has 1 fully saturated rings. The summed E-state index contributed by atoms with van der Waals surface area (Å²) < 4.78 is 1.01. The van der Waals surface area contributed by atoms with Crippen LogP contribution in [-0.2, 0) is 4.79 Å². The van der Waals surface area contributed by atoms with Gasteiger partial charge in [-0.25, -0.2) is 0 Å². The molecule has 0 unspecified atom stereocenters. The van der Waals surface area contributed by atoms with Gasteiger partial charge < -0.3 is 5.32 Å². The summed E-state index contributed by atoms with van der Waals surface area (Å²) in [7, 11) is 0. The minimum Gasteiger partial charge on any atom is -0.348 e. The molecule has 0 aromatic heterocycles. The maximum absolute atomic E-state index is 11.9. The van der Waals surface area contributed by atoms with Crippen LogP contribution in [0, 0.1) is 16.7 Å². The topological polar surface area (TPSA) is 52.9 Å². The summed E-state index contributed by atoms with van der Waals surface area (Å²) in [6.45, 7) is 1.93. The normalized spacial score (nSPS) is 17.9. The SMILES string of the molecule is C[C@H](NC(=O)C1(C#N)CC1)c1ccc(Br)cc1. The van der Waals surface area contributed by atoms with E-state index in [1.54, 1.807) is 0 Å². The zero-order valence-corrected chi connectivity index (χ0v) is 11.1. The van der Waals surface area contributed by atoms with Crippen molar-refractivity contribution >= 4 is 21.8 Å². The molecule has 0 spiro atoms. The molecule has 1 aromatic carbocycles. The molecule has 1 aromatic rings. The minimum absolute atomic E-state index is 0.0681. The van der Waals surface area contributed by atoms with E-state index < -0.39 is 5.41 Å². The Balaban J connectivity index is 2.02. The number of amides is 1. The third kappa shape index (κ3) is 2.50. The molecule has 0 heterocycles. The molecule has 3 nitrogen and oxygen atoms in total. The molecule has 0 radical (unpaired) electrons. The van der Waals surface area contributed by atoms with Gasteiger partial charge in [0.1, 0.15) is 5.41 Å². The lowest BCUT2D eigenvalue weighted by Gasteiger charge is -2.16. The molecule has 2 rings (SSSR count). The Morgan fingerprint density at radius 1 is 1.47 bits per heavy atom. The van der Waals surface area contributed by atoms with Gasteiger partial charge in [0.05, 0.1) is 12.1 Å². The summed E-state index contributed by atoms with van der Waals surface area (Å²) in [4.78, 5) is 11.9. The van der Waals surface area contributed by atoms with E-state index in [1.165, 1.54) is 0 Å². The van der Waals surface area contributed by atoms with E-state index in [9.17, 15) is 4.79 Å². The second-order valence-corrected chi connectivity index (χ2v) is 5.36. The van der Waals surface area contributed by atoms with Gasteiger partial charge in [0.25, 0.3) is 0 Å². The first-order valence-corrected chi connectivity index (χ1v) is 6.34. The Labute approximate surface area is 109 Å². The van der Waals surface area contributed by atoms with E-state index in [2.05, 4.69) is 27.3 Å². The third-order valence-electron chi connectivity index (χ3n) is 3.12. The van der Waals surface area contributed by atoms with Crippen LogP contribution in [0.15, 0.2) is 28.7 Å². The second-order valence-electron chi connectivity index (χ2n) is 4.44. The van der Waals surface area contributed by atoms with Crippen LogP contribution in [0.3, 0.4) is 0 Å². The predicted octanol–water partition coefficient (Wildman–Crippen LogP) is 2.93. The smallest absolute Gasteiger partial charge is 0.240 e. The number of nitriles is 1. The Morgan fingerprint density at radius 3 is 2.53 bits per heavy atom. The molecule has 1 N–H and O–H groups in total. The van der Waals surface area contributed by atoms with Crippen LogP contribution in [0.25, 0.3) is 0 Å². The molecule has 17 heavy (non-hydrogen) atoms. The van der Waals surface area contributed by atoms with Crippen molar-refractivity contribution in [2.75, 3.05) is 0 Å². The van der Waals surface area contributed by atoms with E-state index in [0.29, 0.717) is 12.8 Å².